The minimum absolute atomic E-state index is 0.205. The van der Waals surface area contributed by atoms with Crippen molar-refractivity contribution in [3.8, 4) is 11.5 Å². The average Bonchev–Trinajstić information content (AvgIpc) is 3.50. The molecule has 1 aromatic heterocycles. The summed E-state index contributed by atoms with van der Waals surface area (Å²) in [5.74, 6) is 1.48. The van der Waals surface area contributed by atoms with Crippen LogP contribution in [0.25, 0.3) is 10.9 Å². The Hall–Kier alpha value is -3.81. The predicted molar refractivity (Wildman–Crippen MR) is 146 cm³/mol. The molecular weight excluding hydrogens is 450 g/mol. The molecule has 0 radical (unpaired) electrons. The lowest BCUT2D eigenvalue weighted by Crippen LogP contribution is -2.35. The first kappa shape index (κ1) is 23.9. The van der Waals surface area contributed by atoms with E-state index in [-0.39, 0.29) is 12.2 Å². The molecule has 1 aliphatic rings. The van der Waals surface area contributed by atoms with Crippen LogP contribution in [0.3, 0.4) is 0 Å². The van der Waals surface area contributed by atoms with E-state index in [1.165, 1.54) is 18.4 Å². The molecule has 3 aromatic carbocycles. The average molecular weight is 484 g/mol. The molecule has 1 saturated heterocycles. The highest BCUT2D eigenvalue weighted by atomic mass is 16.5. The molecule has 1 aliphatic heterocycles. The number of likely N-dealkylation sites (tertiary alicyclic amines) is 1. The van der Waals surface area contributed by atoms with Gasteiger partial charge in [0, 0.05) is 41.1 Å². The quantitative estimate of drug-likeness (QED) is 0.325. The van der Waals surface area contributed by atoms with Gasteiger partial charge < -0.3 is 19.9 Å². The maximum atomic E-state index is 12.8. The highest BCUT2D eigenvalue weighted by Crippen LogP contribution is 2.34. The topological polar surface area (TPSA) is 61.8 Å². The number of anilines is 2. The highest BCUT2D eigenvalue weighted by molar-refractivity contribution is 6.01. The second-order valence-electron chi connectivity index (χ2n) is 9.53. The maximum Gasteiger partial charge on any atom is 0.323 e. The molecule has 2 N–H and O–H groups in total. The maximum absolute atomic E-state index is 12.8. The molecule has 0 spiro atoms. The van der Waals surface area contributed by atoms with Crippen molar-refractivity contribution in [2.45, 2.75) is 19.0 Å². The zero-order valence-corrected chi connectivity index (χ0v) is 21.1. The Balaban J connectivity index is 1.30. The number of urea groups is 1. The highest BCUT2D eigenvalue weighted by Gasteiger charge is 2.28. The van der Waals surface area contributed by atoms with Crippen molar-refractivity contribution in [1.29, 1.82) is 0 Å². The van der Waals surface area contributed by atoms with Crippen LogP contribution < -0.4 is 15.4 Å². The van der Waals surface area contributed by atoms with Gasteiger partial charge in [-0.3, -0.25) is 9.80 Å². The first-order valence-corrected chi connectivity index (χ1v) is 12.4. The number of amides is 2. The summed E-state index contributed by atoms with van der Waals surface area (Å²) in [4.78, 5) is 17.6. The smallest absolute Gasteiger partial charge is 0.323 e. The largest absolute Gasteiger partial charge is 0.457 e. The second-order valence-corrected chi connectivity index (χ2v) is 9.53. The van der Waals surface area contributed by atoms with Gasteiger partial charge in [-0.05, 0) is 94.6 Å². The van der Waals surface area contributed by atoms with E-state index >= 15 is 0 Å². The van der Waals surface area contributed by atoms with E-state index in [0.29, 0.717) is 11.4 Å². The number of fused-ring (bicyclic) bond motifs is 1. The fourth-order valence-corrected chi connectivity index (χ4v) is 5.02. The third-order valence-electron chi connectivity index (χ3n) is 6.62. The van der Waals surface area contributed by atoms with E-state index in [0.717, 1.165) is 35.4 Å². The van der Waals surface area contributed by atoms with Crippen molar-refractivity contribution in [2.75, 3.05) is 37.8 Å². The summed E-state index contributed by atoms with van der Waals surface area (Å²) >= 11 is 0. The minimum atomic E-state index is -0.285. The first-order valence-electron chi connectivity index (χ1n) is 12.4. The third-order valence-corrected chi connectivity index (χ3v) is 6.62. The predicted octanol–water partition coefficient (Wildman–Crippen LogP) is 6.27. The van der Waals surface area contributed by atoms with E-state index in [9.17, 15) is 4.79 Å². The number of hydrogen-bond donors (Lipinski definition) is 2. The Morgan fingerprint density at radius 3 is 2.22 bits per heavy atom. The number of nitrogens with one attached hydrogen (secondary N) is 2. The molecule has 2 heterocycles. The summed E-state index contributed by atoms with van der Waals surface area (Å²) in [6.07, 6.45) is 4.90. The van der Waals surface area contributed by atoms with Crippen LogP contribution in [0.1, 0.15) is 24.6 Å². The van der Waals surface area contributed by atoms with Crippen molar-refractivity contribution < 1.29 is 9.53 Å². The fraction of sp³-hybridized carbons (Fsp3) is 0.276. The van der Waals surface area contributed by atoms with Crippen LogP contribution in [0.2, 0.25) is 0 Å². The minimum Gasteiger partial charge on any atom is -0.457 e. The van der Waals surface area contributed by atoms with Crippen molar-refractivity contribution >= 4 is 28.3 Å². The molecule has 1 fully saturated rings. The van der Waals surface area contributed by atoms with Crippen LogP contribution in [-0.2, 0) is 7.05 Å². The molecule has 2 amide bonds. The van der Waals surface area contributed by atoms with Gasteiger partial charge in [0.1, 0.15) is 11.5 Å². The molecule has 5 rings (SSSR count). The van der Waals surface area contributed by atoms with Crippen molar-refractivity contribution in [2.24, 2.45) is 7.05 Å². The van der Waals surface area contributed by atoms with Gasteiger partial charge in [0.05, 0.1) is 6.17 Å². The number of nitrogens with zero attached hydrogens (tertiary/aromatic N) is 3. The van der Waals surface area contributed by atoms with Crippen molar-refractivity contribution in [3.63, 3.8) is 0 Å². The van der Waals surface area contributed by atoms with Crippen LogP contribution in [0, 0.1) is 0 Å². The van der Waals surface area contributed by atoms with E-state index in [1.807, 2.05) is 60.7 Å². The Bertz CT molecular complexity index is 1330. The van der Waals surface area contributed by atoms with Gasteiger partial charge in [0.25, 0.3) is 0 Å². The van der Waals surface area contributed by atoms with Crippen LogP contribution in [-0.4, -0.2) is 47.6 Å². The summed E-state index contributed by atoms with van der Waals surface area (Å²) in [6.45, 7) is 2.21. The molecule has 0 saturated carbocycles. The number of benzene rings is 3. The summed E-state index contributed by atoms with van der Waals surface area (Å²) in [6, 6.07) is 22.8. The second kappa shape index (κ2) is 10.4. The van der Waals surface area contributed by atoms with Gasteiger partial charge in [-0.2, -0.15) is 0 Å². The lowest BCUT2D eigenvalue weighted by molar-refractivity contribution is 0.104. The van der Waals surface area contributed by atoms with Crippen LogP contribution in [0.4, 0.5) is 16.2 Å². The van der Waals surface area contributed by atoms with E-state index < -0.39 is 0 Å². The van der Waals surface area contributed by atoms with Gasteiger partial charge in [-0.25, -0.2) is 4.79 Å². The molecule has 7 nitrogen and oxygen atoms in total. The number of hydrogen-bond acceptors (Lipinski definition) is 4. The number of aromatic nitrogens is 1. The number of para-hydroxylation sites is 1. The normalized spacial score (nSPS) is 14.8. The molecule has 36 heavy (non-hydrogen) atoms. The van der Waals surface area contributed by atoms with Crippen LogP contribution in [0.15, 0.2) is 79.0 Å². The Kier molecular flexibility index (Phi) is 6.93. The van der Waals surface area contributed by atoms with E-state index in [2.05, 4.69) is 64.5 Å². The Morgan fingerprint density at radius 1 is 0.889 bits per heavy atom. The molecule has 4 aromatic rings. The summed E-state index contributed by atoms with van der Waals surface area (Å²) in [5.41, 5.74) is 3.86. The van der Waals surface area contributed by atoms with Crippen LogP contribution >= 0.6 is 0 Å². The zero-order valence-electron chi connectivity index (χ0n) is 21.1. The molecule has 0 aliphatic carbocycles. The molecule has 1 atom stereocenters. The number of rotatable bonds is 7. The molecule has 186 valence electrons. The zero-order chi connectivity index (χ0) is 25.1. The summed E-state index contributed by atoms with van der Waals surface area (Å²) in [5, 5.41) is 7.06. The third kappa shape index (κ3) is 5.22. The lowest BCUT2D eigenvalue weighted by atomic mass is 10.1. The van der Waals surface area contributed by atoms with Gasteiger partial charge in [0.15, 0.2) is 0 Å². The Morgan fingerprint density at radius 2 is 1.53 bits per heavy atom. The van der Waals surface area contributed by atoms with E-state index in [4.69, 9.17) is 4.74 Å². The summed E-state index contributed by atoms with van der Waals surface area (Å²) < 4.78 is 7.99. The fourth-order valence-electron chi connectivity index (χ4n) is 5.02. The van der Waals surface area contributed by atoms with Gasteiger partial charge in [-0.15, -0.1) is 0 Å². The molecule has 1 unspecified atom stereocenters. The van der Waals surface area contributed by atoms with Gasteiger partial charge >= 0.3 is 6.03 Å². The number of carbonyl (C=O) groups is 1. The number of carbonyl (C=O) groups excluding carboxylic acids is 1. The summed E-state index contributed by atoms with van der Waals surface area (Å²) in [7, 11) is 6.34. The number of ether oxygens (including phenoxy) is 1. The van der Waals surface area contributed by atoms with Gasteiger partial charge in [-0.1, -0.05) is 18.2 Å². The van der Waals surface area contributed by atoms with Crippen LogP contribution in [0.5, 0.6) is 11.5 Å². The molecule has 7 heteroatoms. The molecular formula is C29H33N5O2. The van der Waals surface area contributed by atoms with E-state index in [1.54, 1.807) is 0 Å². The number of aryl methyl sites for hydroxylation is 1. The van der Waals surface area contributed by atoms with Gasteiger partial charge in [0.2, 0.25) is 0 Å². The Labute approximate surface area is 212 Å². The monoisotopic (exact) mass is 483 g/mol. The lowest BCUT2D eigenvalue weighted by Gasteiger charge is -2.33. The first-order chi connectivity index (χ1) is 17.5. The van der Waals surface area contributed by atoms with Crippen molar-refractivity contribution in [3.05, 3.63) is 84.6 Å². The van der Waals surface area contributed by atoms with Crippen molar-refractivity contribution in [1.82, 2.24) is 14.4 Å². The molecule has 0 bridgehead atoms. The SMILES string of the molecule is CN(C)C(c1cn(C)c2ccc(NC(=O)Nc3ccc(Oc4ccccc4)cc3)cc12)N1CCCC1. The standard InChI is InChI=1S/C29H33N5O2/c1-32(2)28(34-17-7-8-18-34)26-20-33(3)27-16-13-22(19-25(26)27)31-29(35)30-21-11-14-24(15-12-21)36-23-9-5-4-6-10-23/h4-6,9-16,19-20,28H,7-8,17-18H2,1-3H3,(H2,30,31,35).